The van der Waals surface area contributed by atoms with Gasteiger partial charge in [-0.05, 0) is 12.8 Å². The Morgan fingerprint density at radius 1 is 0.684 bits per heavy atom. The van der Waals surface area contributed by atoms with Gasteiger partial charge in [-0.15, -0.1) is 0 Å². The molecule has 1 saturated carbocycles. The van der Waals surface area contributed by atoms with Crippen LogP contribution in [-0.4, -0.2) is 13.1 Å². The molecule has 1 fully saturated rings. The molecule has 0 heterocycles. The molecule has 1 rings (SSSR count). The van der Waals surface area contributed by atoms with Crippen LogP contribution in [-0.2, 0) is 9.53 Å². The number of rotatable bonds is 1. The Balaban J connectivity index is 2.31. The number of methoxy groups -OCH3 is 1. The fraction of sp³-hybridized carbons (Fsp3) is 0.941. The van der Waals surface area contributed by atoms with Crippen molar-refractivity contribution in [2.75, 3.05) is 7.11 Å². The third-order valence-corrected chi connectivity index (χ3v) is 4.39. The van der Waals surface area contributed by atoms with Gasteiger partial charge in [0.1, 0.15) is 0 Å². The summed E-state index contributed by atoms with van der Waals surface area (Å²) in [6.45, 7) is 0. The van der Waals surface area contributed by atoms with E-state index < -0.39 is 0 Å². The standard InChI is InChI=1S/C17H32O2/c1-19-17(18)16-14-12-10-8-6-4-2-3-5-7-9-11-13-15-16/h16H,2-15H2,1H3. The van der Waals surface area contributed by atoms with Crippen molar-refractivity contribution in [1.29, 1.82) is 0 Å². The molecule has 0 saturated heterocycles. The van der Waals surface area contributed by atoms with Gasteiger partial charge in [0.15, 0.2) is 0 Å². The summed E-state index contributed by atoms with van der Waals surface area (Å²) in [5.74, 6) is 0.180. The number of carbonyl (C=O) groups excluding carboxylic acids is 1. The maximum atomic E-state index is 11.7. The summed E-state index contributed by atoms with van der Waals surface area (Å²) in [5.41, 5.74) is 0. The third kappa shape index (κ3) is 8.28. The first-order chi connectivity index (χ1) is 9.34. The molecular formula is C17H32O2. The van der Waals surface area contributed by atoms with E-state index in [1.165, 1.54) is 84.2 Å². The molecule has 0 bridgehead atoms. The Bertz CT molecular complexity index is 209. The minimum Gasteiger partial charge on any atom is -0.469 e. The van der Waals surface area contributed by atoms with Crippen LogP contribution in [0.3, 0.4) is 0 Å². The lowest BCUT2D eigenvalue weighted by Gasteiger charge is -2.14. The Hall–Kier alpha value is -0.530. The average Bonchev–Trinajstić information content (AvgIpc) is 2.44. The molecule has 0 N–H and O–H groups in total. The lowest BCUT2D eigenvalue weighted by atomic mass is 9.94. The van der Waals surface area contributed by atoms with Gasteiger partial charge < -0.3 is 4.74 Å². The van der Waals surface area contributed by atoms with E-state index in [-0.39, 0.29) is 11.9 Å². The molecule has 0 unspecified atom stereocenters. The quantitative estimate of drug-likeness (QED) is 0.607. The van der Waals surface area contributed by atoms with Gasteiger partial charge in [0, 0.05) is 0 Å². The first kappa shape index (κ1) is 16.5. The molecule has 1 aliphatic rings. The van der Waals surface area contributed by atoms with Gasteiger partial charge in [0.2, 0.25) is 0 Å². The van der Waals surface area contributed by atoms with Gasteiger partial charge in [0.25, 0.3) is 0 Å². The SMILES string of the molecule is COC(=O)C1CCCCCCCCCCCCCC1. The fourth-order valence-corrected chi connectivity index (χ4v) is 3.10. The first-order valence-corrected chi connectivity index (χ1v) is 8.42. The van der Waals surface area contributed by atoms with Crippen molar-refractivity contribution in [3.63, 3.8) is 0 Å². The van der Waals surface area contributed by atoms with Crippen LogP contribution in [0, 0.1) is 5.92 Å². The second kappa shape index (κ2) is 11.3. The monoisotopic (exact) mass is 268 g/mol. The smallest absolute Gasteiger partial charge is 0.308 e. The van der Waals surface area contributed by atoms with Crippen molar-refractivity contribution in [1.82, 2.24) is 0 Å². The molecular weight excluding hydrogens is 236 g/mol. The fourth-order valence-electron chi connectivity index (χ4n) is 3.10. The molecule has 112 valence electrons. The van der Waals surface area contributed by atoms with E-state index >= 15 is 0 Å². The molecule has 2 nitrogen and oxygen atoms in total. The number of carbonyl (C=O) groups is 1. The zero-order valence-corrected chi connectivity index (χ0v) is 12.8. The van der Waals surface area contributed by atoms with E-state index in [4.69, 9.17) is 4.74 Å². The molecule has 0 aromatic rings. The van der Waals surface area contributed by atoms with Gasteiger partial charge >= 0.3 is 5.97 Å². The van der Waals surface area contributed by atoms with Crippen molar-refractivity contribution >= 4 is 5.97 Å². The van der Waals surface area contributed by atoms with E-state index in [1.807, 2.05) is 0 Å². The van der Waals surface area contributed by atoms with Gasteiger partial charge in [-0.25, -0.2) is 0 Å². The molecule has 2 heteroatoms. The van der Waals surface area contributed by atoms with Crippen LogP contribution < -0.4 is 0 Å². The molecule has 0 aromatic carbocycles. The molecule has 0 aromatic heterocycles. The highest BCUT2D eigenvalue weighted by atomic mass is 16.5. The summed E-state index contributed by atoms with van der Waals surface area (Å²) in [5, 5.41) is 0. The van der Waals surface area contributed by atoms with Crippen molar-refractivity contribution in [2.45, 2.75) is 89.9 Å². The zero-order chi connectivity index (χ0) is 13.8. The Kier molecular flexibility index (Phi) is 9.84. The zero-order valence-electron chi connectivity index (χ0n) is 12.8. The van der Waals surface area contributed by atoms with E-state index in [9.17, 15) is 4.79 Å². The highest BCUT2D eigenvalue weighted by molar-refractivity contribution is 5.72. The maximum Gasteiger partial charge on any atom is 0.308 e. The van der Waals surface area contributed by atoms with Crippen molar-refractivity contribution in [3.8, 4) is 0 Å². The first-order valence-electron chi connectivity index (χ1n) is 8.42. The number of ether oxygens (including phenoxy) is 1. The van der Waals surface area contributed by atoms with Crippen LogP contribution in [0.4, 0.5) is 0 Å². The predicted molar refractivity (Wildman–Crippen MR) is 80.1 cm³/mol. The van der Waals surface area contributed by atoms with Crippen molar-refractivity contribution < 1.29 is 9.53 Å². The number of esters is 1. The second-order valence-electron chi connectivity index (χ2n) is 6.04. The lowest BCUT2D eigenvalue weighted by Crippen LogP contribution is -2.16. The molecule has 0 atom stereocenters. The second-order valence-corrected chi connectivity index (χ2v) is 6.04. The minimum atomic E-state index is 0.0179. The Morgan fingerprint density at radius 2 is 1.00 bits per heavy atom. The largest absolute Gasteiger partial charge is 0.469 e. The highest BCUT2D eigenvalue weighted by Crippen LogP contribution is 2.21. The summed E-state index contributed by atoms with van der Waals surface area (Å²) in [7, 11) is 1.53. The van der Waals surface area contributed by atoms with E-state index in [0.717, 1.165) is 12.8 Å². The van der Waals surface area contributed by atoms with Crippen LogP contribution in [0.15, 0.2) is 0 Å². The van der Waals surface area contributed by atoms with Gasteiger partial charge in [-0.2, -0.15) is 0 Å². The molecule has 0 radical (unpaired) electrons. The lowest BCUT2D eigenvalue weighted by molar-refractivity contribution is -0.146. The van der Waals surface area contributed by atoms with Crippen LogP contribution in [0.25, 0.3) is 0 Å². The van der Waals surface area contributed by atoms with Crippen molar-refractivity contribution in [3.05, 3.63) is 0 Å². The molecule has 0 aliphatic heterocycles. The summed E-state index contributed by atoms with van der Waals surface area (Å²) < 4.78 is 4.94. The Morgan fingerprint density at radius 3 is 1.32 bits per heavy atom. The van der Waals surface area contributed by atoms with Crippen LogP contribution in [0.2, 0.25) is 0 Å². The summed E-state index contributed by atoms with van der Waals surface area (Å²) in [4.78, 5) is 11.7. The maximum absolute atomic E-state index is 11.7. The molecule has 0 amide bonds. The van der Waals surface area contributed by atoms with E-state index in [0.29, 0.717) is 0 Å². The summed E-state index contributed by atoms with van der Waals surface area (Å²) in [6.07, 6.45) is 18.1. The van der Waals surface area contributed by atoms with Crippen molar-refractivity contribution in [2.24, 2.45) is 5.92 Å². The third-order valence-electron chi connectivity index (χ3n) is 4.39. The highest BCUT2D eigenvalue weighted by Gasteiger charge is 2.18. The van der Waals surface area contributed by atoms with E-state index in [1.54, 1.807) is 0 Å². The predicted octanol–water partition coefficient (Wildman–Crippen LogP) is 5.25. The topological polar surface area (TPSA) is 26.3 Å². The number of hydrogen-bond acceptors (Lipinski definition) is 2. The Labute approximate surface area is 119 Å². The minimum absolute atomic E-state index is 0.0179. The van der Waals surface area contributed by atoms with Gasteiger partial charge in [-0.3, -0.25) is 4.79 Å². The number of hydrogen-bond donors (Lipinski definition) is 0. The van der Waals surface area contributed by atoms with E-state index in [2.05, 4.69) is 0 Å². The summed E-state index contributed by atoms with van der Waals surface area (Å²) in [6, 6.07) is 0. The van der Waals surface area contributed by atoms with Crippen LogP contribution in [0.5, 0.6) is 0 Å². The summed E-state index contributed by atoms with van der Waals surface area (Å²) >= 11 is 0. The molecule has 0 spiro atoms. The van der Waals surface area contributed by atoms with Gasteiger partial charge in [0.05, 0.1) is 13.0 Å². The average molecular weight is 268 g/mol. The van der Waals surface area contributed by atoms with Crippen LogP contribution in [0.1, 0.15) is 89.9 Å². The molecule has 1 aliphatic carbocycles. The molecule has 19 heavy (non-hydrogen) atoms. The van der Waals surface area contributed by atoms with Gasteiger partial charge in [-0.1, -0.05) is 77.0 Å². The van der Waals surface area contributed by atoms with Crippen LogP contribution >= 0.6 is 0 Å². The normalized spacial score (nSPS) is 22.2.